The molecule has 0 radical (unpaired) electrons. The summed E-state index contributed by atoms with van der Waals surface area (Å²) in [4.78, 5) is 24.9. The minimum absolute atomic E-state index is 0.261. The third-order valence-electron chi connectivity index (χ3n) is 4.57. The SMILES string of the molecule is C=CCCn1c(=O)ccn([C@@H]2O[C@H](COCC=C)[C@H]3OC(C)(C)O[C@H]32)c1=O. The van der Waals surface area contributed by atoms with E-state index >= 15 is 0 Å². The van der Waals surface area contributed by atoms with Crippen LogP contribution in [0.3, 0.4) is 0 Å². The fraction of sp³-hybridized carbons (Fsp3) is 0.579. The van der Waals surface area contributed by atoms with Crippen LogP contribution in [0.25, 0.3) is 0 Å². The van der Waals surface area contributed by atoms with Crippen LogP contribution in [0.1, 0.15) is 26.5 Å². The monoisotopic (exact) mass is 378 g/mol. The van der Waals surface area contributed by atoms with E-state index in [0.717, 1.165) is 0 Å². The van der Waals surface area contributed by atoms with Gasteiger partial charge in [-0.3, -0.25) is 13.9 Å². The van der Waals surface area contributed by atoms with Crippen LogP contribution < -0.4 is 11.2 Å². The summed E-state index contributed by atoms with van der Waals surface area (Å²) < 4.78 is 26.1. The Kier molecular flexibility index (Phi) is 5.81. The molecule has 2 saturated heterocycles. The molecule has 27 heavy (non-hydrogen) atoms. The molecule has 2 aliphatic rings. The Balaban J connectivity index is 1.91. The van der Waals surface area contributed by atoms with Gasteiger partial charge in [-0.25, -0.2) is 4.79 Å². The van der Waals surface area contributed by atoms with Gasteiger partial charge in [0.05, 0.1) is 13.2 Å². The second-order valence-electron chi connectivity index (χ2n) is 7.03. The number of nitrogens with zero attached hydrogens (tertiary/aromatic N) is 2. The molecule has 3 heterocycles. The van der Waals surface area contributed by atoms with Crippen LogP contribution in [-0.4, -0.2) is 46.4 Å². The van der Waals surface area contributed by atoms with E-state index in [1.807, 2.05) is 13.8 Å². The summed E-state index contributed by atoms with van der Waals surface area (Å²) >= 11 is 0. The highest BCUT2D eigenvalue weighted by Crippen LogP contribution is 2.42. The van der Waals surface area contributed by atoms with E-state index < -0.39 is 29.9 Å². The van der Waals surface area contributed by atoms with Crippen molar-refractivity contribution in [2.75, 3.05) is 13.2 Å². The van der Waals surface area contributed by atoms with Gasteiger partial charge in [0, 0.05) is 18.8 Å². The minimum Gasteiger partial charge on any atom is -0.375 e. The molecular formula is C19H26N2O6. The summed E-state index contributed by atoms with van der Waals surface area (Å²) in [5.74, 6) is -0.797. The van der Waals surface area contributed by atoms with E-state index in [-0.39, 0.29) is 24.8 Å². The maximum Gasteiger partial charge on any atom is 0.333 e. The van der Waals surface area contributed by atoms with Crippen LogP contribution in [0.15, 0.2) is 47.2 Å². The maximum absolute atomic E-state index is 12.9. The molecule has 8 heteroatoms. The van der Waals surface area contributed by atoms with Gasteiger partial charge >= 0.3 is 5.69 Å². The fourth-order valence-electron chi connectivity index (χ4n) is 3.44. The summed E-state index contributed by atoms with van der Waals surface area (Å²) in [5.41, 5.74) is -0.809. The van der Waals surface area contributed by atoms with Crippen molar-refractivity contribution in [3.63, 3.8) is 0 Å². The summed E-state index contributed by atoms with van der Waals surface area (Å²) in [6.45, 7) is 11.8. The Morgan fingerprint density at radius 3 is 2.67 bits per heavy atom. The van der Waals surface area contributed by atoms with Gasteiger partial charge in [-0.1, -0.05) is 12.2 Å². The lowest BCUT2D eigenvalue weighted by Crippen LogP contribution is -2.43. The summed E-state index contributed by atoms with van der Waals surface area (Å²) in [6.07, 6.45) is 3.30. The molecule has 148 valence electrons. The molecule has 2 aliphatic heterocycles. The van der Waals surface area contributed by atoms with Gasteiger partial charge in [0.15, 0.2) is 12.0 Å². The number of allylic oxidation sites excluding steroid dienone is 1. The van der Waals surface area contributed by atoms with Crippen LogP contribution in [0.2, 0.25) is 0 Å². The molecule has 0 aromatic carbocycles. The van der Waals surface area contributed by atoms with Crippen molar-refractivity contribution in [3.05, 3.63) is 58.4 Å². The molecule has 0 aliphatic carbocycles. The Hall–Kier alpha value is -2.00. The Morgan fingerprint density at radius 2 is 1.96 bits per heavy atom. The van der Waals surface area contributed by atoms with Crippen molar-refractivity contribution in [2.45, 2.75) is 57.1 Å². The molecule has 4 atom stereocenters. The van der Waals surface area contributed by atoms with Gasteiger partial charge in [-0.2, -0.15) is 0 Å². The van der Waals surface area contributed by atoms with Crippen molar-refractivity contribution >= 4 is 0 Å². The first-order chi connectivity index (χ1) is 12.9. The summed E-state index contributed by atoms with van der Waals surface area (Å²) in [7, 11) is 0. The lowest BCUT2D eigenvalue weighted by Gasteiger charge is -2.25. The van der Waals surface area contributed by atoms with Crippen molar-refractivity contribution in [1.82, 2.24) is 9.13 Å². The Bertz CT molecular complexity index is 811. The Labute approximate surface area is 157 Å². The van der Waals surface area contributed by atoms with Gasteiger partial charge in [-0.15, -0.1) is 13.2 Å². The number of fused-ring (bicyclic) bond motifs is 1. The predicted molar refractivity (Wildman–Crippen MR) is 98.5 cm³/mol. The van der Waals surface area contributed by atoms with E-state index in [4.69, 9.17) is 18.9 Å². The van der Waals surface area contributed by atoms with Crippen molar-refractivity contribution < 1.29 is 18.9 Å². The van der Waals surface area contributed by atoms with Gasteiger partial charge < -0.3 is 18.9 Å². The van der Waals surface area contributed by atoms with E-state index in [2.05, 4.69) is 13.2 Å². The Morgan fingerprint density at radius 1 is 1.22 bits per heavy atom. The first kappa shape index (κ1) is 19.8. The predicted octanol–water partition coefficient (Wildman–Crippen LogP) is 1.21. The lowest BCUT2D eigenvalue weighted by molar-refractivity contribution is -0.202. The number of rotatable bonds is 8. The summed E-state index contributed by atoms with van der Waals surface area (Å²) in [5, 5.41) is 0. The quantitative estimate of drug-likeness (QED) is 0.500. The highest BCUT2D eigenvalue weighted by molar-refractivity contribution is 4.99. The molecule has 0 saturated carbocycles. The topological polar surface area (TPSA) is 80.9 Å². The molecule has 8 nitrogen and oxygen atoms in total. The first-order valence-corrected chi connectivity index (χ1v) is 9.00. The highest BCUT2D eigenvalue weighted by atomic mass is 16.8. The zero-order valence-electron chi connectivity index (χ0n) is 15.7. The van der Waals surface area contributed by atoms with Crippen LogP contribution >= 0.6 is 0 Å². The minimum atomic E-state index is -0.797. The van der Waals surface area contributed by atoms with E-state index in [1.54, 1.807) is 12.2 Å². The number of hydrogen-bond donors (Lipinski definition) is 0. The summed E-state index contributed by atoms with van der Waals surface area (Å²) in [6, 6.07) is 1.35. The largest absolute Gasteiger partial charge is 0.375 e. The molecule has 0 amide bonds. The van der Waals surface area contributed by atoms with Gasteiger partial charge in [0.1, 0.15) is 18.3 Å². The molecule has 1 aromatic rings. The molecule has 1 aromatic heterocycles. The number of hydrogen-bond acceptors (Lipinski definition) is 6. The molecule has 0 unspecified atom stereocenters. The van der Waals surface area contributed by atoms with Crippen LogP contribution in [0, 0.1) is 0 Å². The molecular weight excluding hydrogens is 352 g/mol. The molecule has 3 rings (SSSR count). The second-order valence-corrected chi connectivity index (χ2v) is 7.03. The molecule has 0 spiro atoms. The van der Waals surface area contributed by atoms with Gasteiger partial charge in [0.2, 0.25) is 0 Å². The van der Waals surface area contributed by atoms with Crippen LogP contribution in [0.5, 0.6) is 0 Å². The fourth-order valence-corrected chi connectivity index (χ4v) is 3.44. The van der Waals surface area contributed by atoms with Crippen molar-refractivity contribution in [3.8, 4) is 0 Å². The van der Waals surface area contributed by atoms with Crippen molar-refractivity contribution in [1.29, 1.82) is 0 Å². The van der Waals surface area contributed by atoms with E-state index in [1.165, 1.54) is 21.4 Å². The third kappa shape index (κ3) is 3.98. The van der Waals surface area contributed by atoms with E-state index in [9.17, 15) is 9.59 Å². The zero-order chi connectivity index (χ0) is 19.6. The lowest BCUT2D eigenvalue weighted by atomic mass is 10.1. The van der Waals surface area contributed by atoms with Crippen LogP contribution in [0.4, 0.5) is 0 Å². The number of aromatic nitrogens is 2. The normalized spacial score (nSPS) is 28.8. The first-order valence-electron chi connectivity index (χ1n) is 9.00. The maximum atomic E-state index is 12.9. The average molecular weight is 378 g/mol. The molecule has 0 N–H and O–H groups in total. The van der Waals surface area contributed by atoms with Gasteiger partial charge in [-0.05, 0) is 20.3 Å². The van der Waals surface area contributed by atoms with Crippen LogP contribution in [-0.2, 0) is 25.5 Å². The van der Waals surface area contributed by atoms with Crippen molar-refractivity contribution in [2.24, 2.45) is 0 Å². The smallest absolute Gasteiger partial charge is 0.333 e. The molecule has 2 fully saturated rings. The zero-order valence-corrected chi connectivity index (χ0v) is 15.7. The standard InChI is InChI=1S/C19H26N2O6/c1-5-7-9-20-14(22)8-10-21(18(20)23)17-16-15(26-19(3,4)27-16)13(25-17)12-24-11-6-2/h5-6,8,10,13,15-17H,1-2,7,9,11-12H2,3-4H3/t13-,15-,16-,17-/m1/s1. The average Bonchev–Trinajstić information content (AvgIpc) is 3.09. The van der Waals surface area contributed by atoms with E-state index in [0.29, 0.717) is 13.0 Å². The molecule has 0 bridgehead atoms. The highest BCUT2D eigenvalue weighted by Gasteiger charge is 2.56. The second kappa shape index (κ2) is 7.93. The van der Waals surface area contributed by atoms with Gasteiger partial charge in [0.25, 0.3) is 5.56 Å². The third-order valence-corrected chi connectivity index (χ3v) is 4.57. The number of ether oxygens (including phenoxy) is 4.